The first-order valence-electron chi connectivity index (χ1n) is 2.21. The summed E-state index contributed by atoms with van der Waals surface area (Å²) in [4.78, 5) is 0. The Morgan fingerprint density at radius 1 is 1.43 bits per heavy atom. The zero-order valence-corrected chi connectivity index (χ0v) is 7.96. The smallest absolute Gasteiger partial charge is 1.00 e. The van der Waals surface area contributed by atoms with Crippen molar-refractivity contribution >= 4 is 0 Å². The molecule has 0 unspecified atom stereocenters. The average molecular weight is 130 g/mol. The number of unbranched alkanes of at least 4 members (excludes halogenated alkanes) is 2. The molecule has 0 amide bonds. The molecule has 7 heavy (non-hydrogen) atoms. The molecular weight excluding hydrogens is 118 g/mol. The molecule has 0 N–H and O–H groups in total. The first-order chi connectivity index (χ1) is 2.41. The normalized spacial score (nSPS) is 6.00. The van der Waals surface area contributed by atoms with E-state index in [1.165, 1.54) is 12.8 Å². The van der Waals surface area contributed by atoms with Crippen LogP contribution in [0.25, 0.3) is 0 Å². The number of halogens is 1. The molecule has 0 nitrogen and oxygen atoms in total. The van der Waals surface area contributed by atoms with Crippen LogP contribution in [0.15, 0.2) is 0 Å². The molecule has 0 aliphatic heterocycles. The SMILES string of the molecule is [CH2]CCCC.[Cl-].[Na+]. The van der Waals surface area contributed by atoms with Crippen LogP contribution in [0.4, 0.5) is 0 Å². The summed E-state index contributed by atoms with van der Waals surface area (Å²) >= 11 is 0. The molecule has 0 aliphatic carbocycles. The molecule has 0 spiro atoms. The van der Waals surface area contributed by atoms with Crippen molar-refractivity contribution in [3.63, 3.8) is 0 Å². The molecule has 0 aliphatic rings. The van der Waals surface area contributed by atoms with Gasteiger partial charge in [0, 0.05) is 0 Å². The van der Waals surface area contributed by atoms with Gasteiger partial charge in [0.25, 0.3) is 0 Å². The molecule has 0 bridgehead atoms. The monoisotopic (exact) mass is 129 g/mol. The standard InChI is InChI=1S/C5H11.ClH.Na/c1-3-5-4-2;;/h1,3-5H2,2H3;1H;/q;;+1/p-1. The van der Waals surface area contributed by atoms with Crippen molar-refractivity contribution in [2.45, 2.75) is 26.2 Å². The molecule has 0 fully saturated rings. The van der Waals surface area contributed by atoms with Gasteiger partial charge in [0.1, 0.15) is 0 Å². The predicted octanol–water partition coefficient (Wildman–Crippen LogP) is -3.98. The molecular formula is C5H11ClNa. The molecule has 0 aromatic rings. The Bertz CT molecular complexity index is 15.6. The molecule has 0 rings (SSSR count). The van der Waals surface area contributed by atoms with E-state index in [4.69, 9.17) is 0 Å². The van der Waals surface area contributed by atoms with E-state index in [9.17, 15) is 0 Å². The van der Waals surface area contributed by atoms with Crippen LogP contribution in [-0.4, -0.2) is 0 Å². The number of rotatable bonds is 2. The van der Waals surface area contributed by atoms with Gasteiger partial charge in [-0.25, -0.2) is 0 Å². The van der Waals surface area contributed by atoms with Crippen LogP contribution in [0.2, 0.25) is 0 Å². The first-order valence-corrected chi connectivity index (χ1v) is 2.21. The van der Waals surface area contributed by atoms with E-state index in [0.29, 0.717) is 0 Å². The Labute approximate surface area is 74.8 Å². The fourth-order valence-electron chi connectivity index (χ4n) is 0.250. The first kappa shape index (κ1) is 15.7. The number of hydrogen-bond acceptors (Lipinski definition) is 0. The Morgan fingerprint density at radius 2 is 1.86 bits per heavy atom. The van der Waals surface area contributed by atoms with Gasteiger partial charge < -0.3 is 12.4 Å². The Balaban J connectivity index is -0.0000000800. The van der Waals surface area contributed by atoms with Gasteiger partial charge in [-0.05, 0) is 0 Å². The Hall–Kier alpha value is 1.29. The van der Waals surface area contributed by atoms with E-state index < -0.39 is 0 Å². The Kier molecular flexibility index (Phi) is 35.2. The summed E-state index contributed by atoms with van der Waals surface area (Å²) in [6, 6.07) is 0. The van der Waals surface area contributed by atoms with Crippen LogP contribution >= 0.6 is 0 Å². The van der Waals surface area contributed by atoms with Crippen molar-refractivity contribution < 1.29 is 42.0 Å². The maximum absolute atomic E-state index is 3.68. The third kappa shape index (κ3) is 18.8. The van der Waals surface area contributed by atoms with Crippen LogP contribution in [0.5, 0.6) is 0 Å². The quantitative estimate of drug-likeness (QED) is 0.334. The summed E-state index contributed by atoms with van der Waals surface area (Å²) < 4.78 is 0. The van der Waals surface area contributed by atoms with E-state index in [1.807, 2.05) is 0 Å². The molecule has 2 heteroatoms. The van der Waals surface area contributed by atoms with E-state index in [0.717, 1.165) is 6.42 Å². The zero-order valence-electron chi connectivity index (χ0n) is 5.21. The van der Waals surface area contributed by atoms with E-state index in [2.05, 4.69) is 13.8 Å². The van der Waals surface area contributed by atoms with Crippen LogP contribution in [0.1, 0.15) is 26.2 Å². The third-order valence-electron chi connectivity index (χ3n) is 0.604. The van der Waals surface area contributed by atoms with Crippen molar-refractivity contribution in [1.82, 2.24) is 0 Å². The average Bonchev–Trinajstić information content (AvgIpc) is 1.41. The molecule has 1 radical (unpaired) electrons. The summed E-state index contributed by atoms with van der Waals surface area (Å²) in [6.07, 6.45) is 3.65. The fourth-order valence-corrected chi connectivity index (χ4v) is 0.250. The van der Waals surface area contributed by atoms with Crippen LogP contribution in [0, 0.1) is 6.92 Å². The van der Waals surface area contributed by atoms with Gasteiger partial charge >= 0.3 is 29.6 Å². The third-order valence-corrected chi connectivity index (χ3v) is 0.604. The van der Waals surface area contributed by atoms with Crippen LogP contribution in [0.3, 0.4) is 0 Å². The topological polar surface area (TPSA) is 0 Å². The summed E-state index contributed by atoms with van der Waals surface area (Å²) in [5.41, 5.74) is 0. The van der Waals surface area contributed by atoms with E-state index in [1.54, 1.807) is 0 Å². The van der Waals surface area contributed by atoms with Crippen molar-refractivity contribution in [3.8, 4) is 0 Å². The Morgan fingerprint density at radius 3 is 1.86 bits per heavy atom. The fraction of sp³-hybridized carbons (Fsp3) is 0.800. The second-order valence-corrected chi connectivity index (χ2v) is 1.21. The minimum atomic E-state index is 0. The largest absolute Gasteiger partial charge is 1.00 e. The number of hydrogen-bond donors (Lipinski definition) is 0. The molecule has 39 valence electrons. The summed E-state index contributed by atoms with van der Waals surface area (Å²) in [5, 5.41) is 0. The van der Waals surface area contributed by atoms with Gasteiger partial charge in [-0.3, -0.25) is 0 Å². The molecule has 0 atom stereocenters. The van der Waals surface area contributed by atoms with Crippen molar-refractivity contribution in [1.29, 1.82) is 0 Å². The summed E-state index contributed by atoms with van der Waals surface area (Å²) in [7, 11) is 0. The van der Waals surface area contributed by atoms with E-state index >= 15 is 0 Å². The van der Waals surface area contributed by atoms with Crippen molar-refractivity contribution in [3.05, 3.63) is 6.92 Å². The molecule has 0 aromatic heterocycles. The maximum atomic E-state index is 3.68. The van der Waals surface area contributed by atoms with Gasteiger partial charge in [-0.1, -0.05) is 33.1 Å². The maximum Gasteiger partial charge on any atom is 1.00 e. The van der Waals surface area contributed by atoms with Gasteiger partial charge in [-0.15, -0.1) is 0 Å². The van der Waals surface area contributed by atoms with Gasteiger partial charge in [0.15, 0.2) is 0 Å². The summed E-state index contributed by atoms with van der Waals surface area (Å²) in [6.45, 7) is 5.85. The van der Waals surface area contributed by atoms with Crippen LogP contribution in [-0.2, 0) is 0 Å². The summed E-state index contributed by atoms with van der Waals surface area (Å²) in [5.74, 6) is 0. The van der Waals surface area contributed by atoms with Gasteiger partial charge in [-0.2, -0.15) is 0 Å². The minimum Gasteiger partial charge on any atom is -1.00 e. The zero-order chi connectivity index (χ0) is 4.12. The molecule has 0 aromatic carbocycles. The molecule has 0 saturated heterocycles. The second kappa shape index (κ2) is 15.7. The second-order valence-electron chi connectivity index (χ2n) is 1.21. The predicted molar refractivity (Wildman–Crippen MR) is 24.9 cm³/mol. The van der Waals surface area contributed by atoms with Gasteiger partial charge in [0.2, 0.25) is 0 Å². The van der Waals surface area contributed by atoms with Crippen LogP contribution < -0.4 is 42.0 Å². The van der Waals surface area contributed by atoms with Crippen molar-refractivity contribution in [2.24, 2.45) is 0 Å². The molecule has 0 heterocycles. The minimum absolute atomic E-state index is 0. The van der Waals surface area contributed by atoms with Crippen molar-refractivity contribution in [2.75, 3.05) is 0 Å². The van der Waals surface area contributed by atoms with Gasteiger partial charge in [0.05, 0.1) is 0 Å². The molecule has 0 saturated carbocycles. The van der Waals surface area contributed by atoms with E-state index in [-0.39, 0.29) is 42.0 Å².